The lowest BCUT2D eigenvalue weighted by Gasteiger charge is -2.44. The van der Waals surface area contributed by atoms with Crippen molar-refractivity contribution in [2.45, 2.75) is 51.5 Å². The number of pyridine rings is 2. The fraction of sp³-hybridized carbons (Fsp3) is 0.395. The number of nitrogens with zero attached hydrogens (tertiary/aromatic N) is 4. The number of ether oxygens (including phenoxy) is 3. The fourth-order valence-corrected chi connectivity index (χ4v) is 7.99. The number of aromatic nitrogens is 2. The van der Waals surface area contributed by atoms with Crippen LogP contribution >= 0.6 is 23.2 Å². The number of aryl methyl sites for hydroxylation is 1. The molecular formula is C38H40Cl2N4O6. The molecule has 3 aliphatic rings. The molecule has 2 aromatic heterocycles. The van der Waals surface area contributed by atoms with Crippen LogP contribution < -0.4 is 14.2 Å². The summed E-state index contributed by atoms with van der Waals surface area (Å²) in [5, 5.41) is 20.4. The van der Waals surface area contributed by atoms with Crippen LogP contribution in [0.25, 0.3) is 22.4 Å². The van der Waals surface area contributed by atoms with Crippen LogP contribution in [0.4, 0.5) is 0 Å². The van der Waals surface area contributed by atoms with Crippen molar-refractivity contribution in [1.82, 2.24) is 19.8 Å². The van der Waals surface area contributed by atoms with Gasteiger partial charge in [0.05, 0.1) is 36.5 Å². The van der Waals surface area contributed by atoms with Gasteiger partial charge in [0, 0.05) is 61.5 Å². The number of carboxylic acid groups (broad SMARTS) is 1. The Morgan fingerprint density at radius 3 is 2.34 bits per heavy atom. The van der Waals surface area contributed by atoms with Gasteiger partial charge in [-0.25, -0.2) is 4.98 Å². The SMILES string of the molecule is COc1nc(O[C@H]2CCc3c(-c4cccc(-c5cc(C)c(CN6CC(C)(O)C6)c(OC)n5)c4Cl)cccc32)c(Cl)cc1CN1CC(C(=O)O)C1. The third-order valence-electron chi connectivity index (χ3n) is 9.92. The summed E-state index contributed by atoms with van der Waals surface area (Å²) >= 11 is 13.9. The highest BCUT2D eigenvalue weighted by atomic mass is 35.5. The number of carboxylic acids is 1. The van der Waals surface area contributed by atoms with E-state index in [2.05, 4.69) is 28.9 Å². The first kappa shape index (κ1) is 34.5. The summed E-state index contributed by atoms with van der Waals surface area (Å²) in [5.74, 6) is 0.116. The summed E-state index contributed by atoms with van der Waals surface area (Å²) in [6.45, 7) is 7.21. The molecule has 4 heterocycles. The monoisotopic (exact) mass is 718 g/mol. The average Bonchev–Trinajstić information content (AvgIpc) is 3.46. The Morgan fingerprint density at radius 1 is 0.940 bits per heavy atom. The molecule has 262 valence electrons. The molecule has 2 N–H and O–H groups in total. The predicted molar refractivity (Wildman–Crippen MR) is 191 cm³/mol. The molecule has 0 unspecified atom stereocenters. The van der Waals surface area contributed by atoms with Crippen LogP contribution in [0.1, 0.15) is 47.3 Å². The Balaban J connectivity index is 1.13. The highest BCUT2D eigenvalue weighted by Gasteiger charge is 2.37. The topological polar surface area (TPSA) is 117 Å². The van der Waals surface area contributed by atoms with Gasteiger partial charge >= 0.3 is 5.97 Å². The van der Waals surface area contributed by atoms with E-state index in [9.17, 15) is 15.0 Å². The Hall–Kier alpha value is -3.93. The summed E-state index contributed by atoms with van der Waals surface area (Å²) in [6.07, 6.45) is 1.25. The minimum atomic E-state index is -0.781. The number of fused-ring (bicyclic) bond motifs is 1. The Labute approximate surface area is 301 Å². The van der Waals surface area contributed by atoms with Crippen molar-refractivity contribution >= 4 is 29.2 Å². The number of benzene rings is 2. The number of methoxy groups -OCH3 is 2. The smallest absolute Gasteiger partial charge is 0.309 e. The summed E-state index contributed by atoms with van der Waals surface area (Å²) in [6, 6.07) is 16.0. The molecule has 2 fully saturated rings. The Kier molecular flexibility index (Phi) is 9.43. The van der Waals surface area contributed by atoms with Crippen LogP contribution in [0.15, 0.2) is 48.5 Å². The molecular weight excluding hydrogens is 679 g/mol. The highest BCUT2D eigenvalue weighted by molar-refractivity contribution is 6.36. The number of hydrogen-bond donors (Lipinski definition) is 2. The van der Waals surface area contributed by atoms with E-state index in [1.807, 2.05) is 42.2 Å². The number of halogens is 2. The molecule has 7 rings (SSSR count). The van der Waals surface area contributed by atoms with Crippen LogP contribution in [0.3, 0.4) is 0 Å². The van der Waals surface area contributed by atoms with E-state index in [4.69, 9.17) is 42.4 Å². The molecule has 10 nitrogen and oxygen atoms in total. The first-order valence-electron chi connectivity index (χ1n) is 16.7. The maximum atomic E-state index is 11.2. The Bertz CT molecular complexity index is 1960. The molecule has 0 amide bonds. The van der Waals surface area contributed by atoms with Gasteiger partial charge in [-0.05, 0) is 61.1 Å². The lowest BCUT2D eigenvalue weighted by Crippen LogP contribution is -2.59. The van der Waals surface area contributed by atoms with Gasteiger partial charge in [0.25, 0.3) is 0 Å². The molecule has 1 atom stereocenters. The number of β-amino-alcohol motifs (C(OH)–C–C–N with tert-alkyl or cyclic N) is 1. The first-order chi connectivity index (χ1) is 23.9. The highest BCUT2D eigenvalue weighted by Crippen LogP contribution is 2.45. The molecule has 2 aliphatic heterocycles. The molecule has 4 aromatic rings. The molecule has 0 radical (unpaired) electrons. The van der Waals surface area contributed by atoms with Gasteiger partial charge in [0.2, 0.25) is 17.6 Å². The summed E-state index contributed by atoms with van der Waals surface area (Å²) in [5.41, 5.74) is 7.86. The summed E-state index contributed by atoms with van der Waals surface area (Å²) < 4.78 is 17.8. The van der Waals surface area contributed by atoms with Gasteiger partial charge in [-0.2, -0.15) is 4.98 Å². The van der Waals surface area contributed by atoms with Crippen molar-refractivity contribution < 1.29 is 29.2 Å². The lowest BCUT2D eigenvalue weighted by atomic mass is 9.94. The third-order valence-corrected chi connectivity index (χ3v) is 10.6. The number of carbonyl (C=O) groups is 1. The minimum Gasteiger partial charge on any atom is -0.481 e. The molecule has 0 saturated carbocycles. The van der Waals surface area contributed by atoms with E-state index in [0.717, 1.165) is 63.0 Å². The lowest BCUT2D eigenvalue weighted by molar-refractivity contribution is -0.147. The second-order valence-corrected chi connectivity index (χ2v) is 14.6. The molecule has 2 aromatic carbocycles. The molecule has 0 spiro atoms. The zero-order chi connectivity index (χ0) is 35.3. The summed E-state index contributed by atoms with van der Waals surface area (Å²) in [7, 11) is 3.18. The van der Waals surface area contributed by atoms with Crippen molar-refractivity contribution in [3.8, 4) is 40.0 Å². The molecule has 0 bridgehead atoms. The van der Waals surface area contributed by atoms with E-state index in [1.165, 1.54) is 0 Å². The zero-order valence-electron chi connectivity index (χ0n) is 28.5. The molecule has 12 heteroatoms. The zero-order valence-corrected chi connectivity index (χ0v) is 30.0. The Morgan fingerprint density at radius 2 is 1.64 bits per heavy atom. The largest absolute Gasteiger partial charge is 0.481 e. The number of aliphatic hydroxyl groups is 1. The maximum absolute atomic E-state index is 11.2. The molecule has 1 aliphatic carbocycles. The normalized spacial score (nSPS) is 18.7. The number of aliphatic carboxylic acids is 1. The van der Waals surface area contributed by atoms with Crippen LogP contribution in [-0.4, -0.2) is 81.9 Å². The number of hydrogen-bond acceptors (Lipinski definition) is 9. The fourth-order valence-electron chi connectivity index (χ4n) is 7.45. The standard InChI is InChI=1S/C38H40Cl2N4O6/c1-21-13-31(41-35(49-4)29(21)18-44-19-38(2,47)20-44)28-10-6-9-27(33(28)40)24-7-5-8-26-25(24)11-12-32(26)50-36-30(39)14-22(34(42-36)48-3)15-43-16-23(17-43)37(45)46/h5-10,13-14,23,32,47H,11-12,15-20H2,1-4H3,(H,45,46)/t32-/m0/s1. The maximum Gasteiger partial charge on any atom is 0.309 e. The average molecular weight is 720 g/mol. The number of rotatable bonds is 11. The predicted octanol–water partition coefficient (Wildman–Crippen LogP) is 6.59. The van der Waals surface area contributed by atoms with Gasteiger partial charge in [0.1, 0.15) is 11.1 Å². The van der Waals surface area contributed by atoms with E-state index in [1.54, 1.807) is 20.3 Å². The van der Waals surface area contributed by atoms with Crippen molar-refractivity contribution in [3.63, 3.8) is 0 Å². The van der Waals surface area contributed by atoms with Crippen LogP contribution in [-0.2, 0) is 24.3 Å². The van der Waals surface area contributed by atoms with Gasteiger partial charge < -0.3 is 24.4 Å². The molecule has 50 heavy (non-hydrogen) atoms. The minimum absolute atomic E-state index is 0.268. The van der Waals surface area contributed by atoms with Gasteiger partial charge in [0.15, 0.2) is 0 Å². The van der Waals surface area contributed by atoms with Crippen LogP contribution in [0.5, 0.6) is 17.6 Å². The van der Waals surface area contributed by atoms with Crippen molar-refractivity contribution in [1.29, 1.82) is 0 Å². The van der Waals surface area contributed by atoms with E-state index < -0.39 is 11.6 Å². The van der Waals surface area contributed by atoms with E-state index >= 15 is 0 Å². The van der Waals surface area contributed by atoms with Crippen molar-refractivity contribution in [3.05, 3.63) is 86.4 Å². The first-order valence-corrected chi connectivity index (χ1v) is 17.5. The van der Waals surface area contributed by atoms with Crippen molar-refractivity contribution in [2.75, 3.05) is 40.4 Å². The molecule has 2 saturated heterocycles. The van der Waals surface area contributed by atoms with Crippen LogP contribution in [0.2, 0.25) is 10.0 Å². The van der Waals surface area contributed by atoms with Crippen LogP contribution in [0, 0.1) is 12.8 Å². The second kappa shape index (κ2) is 13.7. The van der Waals surface area contributed by atoms with E-state index in [0.29, 0.717) is 67.0 Å². The third kappa shape index (κ3) is 6.63. The van der Waals surface area contributed by atoms with E-state index in [-0.39, 0.29) is 12.0 Å². The van der Waals surface area contributed by atoms with Gasteiger partial charge in [-0.3, -0.25) is 14.6 Å². The number of likely N-dealkylation sites (tertiary alicyclic amines) is 2. The van der Waals surface area contributed by atoms with Crippen molar-refractivity contribution in [2.24, 2.45) is 5.92 Å². The summed E-state index contributed by atoms with van der Waals surface area (Å²) in [4.78, 5) is 24.9. The second-order valence-electron chi connectivity index (χ2n) is 13.8. The van der Waals surface area contributed by atoms with Gasteiger partial charge in [-0.15, -0.1) is 0 Å². The quantitative estimate of drug-likeness (QED) is 0.176. The van der Waals surface area contributed by atoms with Gasteiger partial charge in [-0.1, -0.05) is 59.6 Å².